The van der Waals surface area contributed by atoms with E-state index < -0.39 is 52.3 Å². The van der Waals surface area contributed by atoms with Gasteiger partial charge in [0, 0.05) is 24.0 Å². The van der Waals surface area contributed by atoms with Crippen molar-refractivity contribution in [2.45, 2.75) is 91.3 Å². The van der Waals surface area contributed by atoms with Crippen LogP contribution < -0.4 is 0 Å². The Morgan fingerprint density at radius 1 is 1.00 bits per heavy atom. The molecule has 1 aromatic carbocycles. The molecule has 0 radical (unpaired) electrons. The number of alkyl halides is 4. The van der Waals surface area contributed by atoms with E-state index in [4.69, 9.17) is 18.5 Å². The average molecular weight is 569 g/mol. The van der Waals surface area contributed by atoms with E-state index in [0.717, 1.165) is 11.6 Å². The van der Waals surface area contributed by atoms with Crippen LogP contribution in [0.2, 0.25) is 0 Å². The molecule has 0 spiro atoms. The average Bonchev–Trinajstić information content (AvgIpc) is 3.50. The van der Waals surface area contributed by atoms with Gasteiger partial charge in [0.2, 0.25) is 5.76 Å². The molecule has 7 nitrogen and oxygen atoms in total. The number of esters is 1. The molecule has 3 rings (SSSR count). The third-order valence-corrected chi connectivity index (χ3v) is 6.14. The second kappa shape index (κ2) is 12.5. The van der Waals surface area contributed by atoms with Gasteiger partial charge in [0.05, 0.1) is 24.3 Å². The van der Waals surface area contributed by atoms with Gasteiger partial charge in [0.25, 0.3) is 6.43 Å². The van der Waals surface area contributed by atoms with E-state index in [0.29, 0.717) is 19.6 Å². The molecule has 0 aliphatic rings. The van der Waals surface area contributed by atoms with Gasteiger partial charge in [0.1, 0.15) is 5.60 Å². The highest BCUT2D eigenvalue weighted by Crippen LogP contribution is 2.46. The smallest absolute Gasteiger partial charge is 0.312 e. The lowest BCUT2D eigenvalue weighted by Gasteiger charge is -2.27. The summed E-state index contributed by atoms with van der Waals surface area (Å²) in [6.45, 7) is 9.74. The van der Waals surface area contributed by atoms with Gasteiger partial charge >= 0.3 is 11.9 Å². The minimum absolute atomic E-state index is 0.161. The van der Waals surface area contributed by atoms with Gasteiger partial charge in [-0.15, -0.1) is 0 Å². The molecule has 0 N–H and O–H groups in total. The van der Waals surface area contributed by atoms with Crippen molar-refractivity contribution in [2.24, 2.45) is 5.41 Å². The molecule has 0 unspecified atom stereocenters. The minimum Gasteiger partial charge on any atom is -0.460 e. The third-order valence-electron chi connectivity index (χ3n) is 6.14. The van der Waals surface area contributed by atoms with Crippen molar-refractivity contribution in [3.63, 3.8) is 0 Å². The van der Waals surface area contributed by atoms with Crippen molar-refractivity contribution < 1.29 is 40.9 Å². The van der Waals surface area contributed by atoms with E-state index in [-0.39, 0.29) is 24.2 Å². The van der Waals surface area contributed by atoms with Gasteiger partial charge in [-0.05, 0) is 39.2 Å². The molecule has 0 fully saturated rings. The quantitative estimate of drug-likeness (QED) is 0.124. The van der Waals surface area contributed by atoms with Gasteiger partial charge in [-0.3, -0.25) is 4.79 Å². The highest BCUT2D eigenvalue weighted by atomic mass is 19.3. The van der Waals surface area contributed by atoms with Gasteiger partial charge in [-0.2, -0.15) is 8.78 Å². The number of aromatic nitrogens is 2. The van der Waals surface area contributed by atoms with Crippen LogP contribution in [0.4, 0.5) is 17.6 Å². The van der Waals surface area contributed by atoms with Gasteiger partial charge in [-0.1, -0.05) is 61.4 Å². The molecule has 0 aliphatic heterocycles. The number of carbonyl (C=O) groups is 1. The molecular formula is C29H36F4N2O5. The molecule has 0 amide bonds. The van der Waals surface area contributed by atoms with Crippen LogP contribution in [0.5, 0.6) is 0 Å². The molecule has 3 aromatic rings. The standard InChI is InChI=1S/C29H36F4N2O5/c1-27(2,3)29(32,33)21-16-20(34-39-21)25-23(26(30)31)24(35-40-25)19(15-22(36)38-28(4,5)6)13-10-14-37-17-18-11-8-7-9-12-18/h7-9,11-12,16,19,26H,10,13-15,17H2,1-6H3/t19-/m0/s1. The Morgan fingerprint density at radius 3 is 2.27 bits per heavy atom. The highest BCUT2D eigenvalue weighted by molar-refractivity contribution is 5.71. The lowest BCUT2D eigenvalue weighted by atomic mass is 9.86. The molecule has 2 aromatic heterocycles. The third kappa shape index (κ3) is 7.93. The van der Waals surface area contributed by atoms with E-state index in [9.17, 15) is 22.4 Å². The van der Waals surface area contributed by atoms with E-state index in [1.807, 2.05) is 30.3 Å². The molecule has 220 valence electrons. The molecule has 0 saturated heterocycles. The Kier molecular flexibility index (Phi) is 9.81. The van der Waals surface area contributed by atoms with Crippen molar-refractivity contribution in [1.29, 1.82) is 0 Å². The Labute approximate surface area is 231 Å². The van der Waals surface area contributed by atoms with Crippen LogP contribution in [0, 0.1) is 5.41 Å². The summed E-state index contributed by atoms with van der Waals surface area (Å²) in [7, 11) is 0. The van der Waals surface area contributed by atoms with Crippen LogP contribution in [0.15, 0.2) is 45.4 Å². The van der Waals surface area contributed by atoms with Crippen LogP contribution in [0.3, 0.4) is 0 Å². The van der Waals surface area contributed by atoms with E-state index in [2.05, 4.69) is 10.3 Å². The fourth-order valence-electron chi connectivity index (χ4n) is 4.02. The molecule has 0 aliphatic carbocycles. The summed E-state index contributed by atoms with van der Waals surface area (Å²) < 4.78 is 79.5. The monoisotopic (exact) mass is 568 g/mol. The summed E-state index contributed by atoms with van der Waals surface area (Å²) in [5.74, 6) is -6.10. The largest absolute Gasteiger partial charge is 0.460 e. The first-order valence-corrected chi connectivity index (χ1v) is 13.1. The maximum absolute atomic E-state index is 14.8. The summed E-state index contributed by atoms with van der Waals surface area (Å²) in [6, 6.07) is 10.4. The van der Waals surface area contributed by atoms with Crippen molar-refractivity contribution in [1.82, 2.24) is 10.3 Å². The fraction of sp³-hybridized carbons (Fsp3) is 0.552. The van der Waals surface area contributed by atoms with Crippen molar-refractivity contribution >= 4 is 5.97 Å². The van der Waals surface area contributed by atoms with E-state index >= 15 is 0 Å². The minimum atomic E-state index is -3.43. The second-order valence-corrected chi connectivity index (χ2v) is 11.7. The first-order chi connectivity index (χ1) is 18.6. The normalized spacial score (nSPS) is 13.6. The first-order valence-electron chi connectivity index (χ1n) is 13.1. The maximum atomic E-state index is 14.8. The Bertz CT molecular complexity index is 1240. The van der Waals surface area contributed by atoms with Crippen LogP contribution in [-0.4, -0.2) is 28.5 Å². The summed E-state index contributed by atoms with van der Waals surface area (Å²) >= 11 is 0. The predicted molar refractivity (Wildman–Crippen MR) is 139 cm³/mol. The molecule has 40 heavy (non-hydrogen) atoms. The molecule has 0 bridgehead atoms. The van der Waals surface area contributed by atoms with Crippen molar-refractivity contribution in [2.75, 3.05) is 6.61 Å². The SMILES string of the molecule is CC(C)(C)OC(=O)C[C@H](CCCOCc1ccccc1)c1noc(-c2cc(C(F)(F)C(C)(C)C)on2)c1C(F)F. The lowest BCUT2D eigenvalue weighted by molar-refractivity contribution is -0.155. The number of ether oxygens (including phenoxy) is 2. The van der Waals surface area contributed by atoms with Crippen LogP contribution >= 0.6 is 0 Å². The van der Waals surface area contributed by atoms with Crippen LogP contribution in [0.1, 0.15) is 95.7 Å². The molecule has 2 heterocycles. The van der Waals surface area contributed by atoms with E-state index in [1.165, 1.54) is 20.8 Å². The fourth-order valence-corrected chi connectivity index (χ4v) is 4.02. The lowest BCUT2D eigenvalue weighted by Crippen LogP contribution is -2.30. The molecule has 0 saturated carbocycles. The number of halogens is 4. The zero-order valence-corrected chi connectivity index (χ0v) is 23.6. The number of hydrogen-bond acceptors (Lipinski definition) is 7. The van der Waals surface area contributed by atoms with Crippen LogP contribution in [0.25, 0.3) is 11.5 Å². The zero-order valence-electron chi connectivity index (χ0n) is 23.6. The first kappa shape index (κ1) is 31.3. The molecular weight excluding hydrogens is 532 g/mol. The highest BCUT2D eigenvalue weighted by Gasteiger charge is 2.48. The summed E-state index contributed by atoms with van der Waals surface area (Å²) in [5.41, 5.74) is -2.43. The topological polar surface area (TPSA) is 87.6 Å². The summed E-state index contributed by atoms with van der Waals surface area (Å²) in [4.78, 5) is 12.7. The summed E-state index contributed by atoms with van der Waals surface area (Å²) in [5, 5.41) is 7.43. The van der Waals surface area contributed by atoms with Gasteiger partial charge in [-0.25, -0.2) is 8.78 Å². The number of hydrogen-bond donors (Lipinski definition) is 0. The number of benzene rings is 1. The Hall–Kier alpha value is -3.21. The number of nitrogens with zero attached hydrogens (tertiary/aromatic N) is 2. The van der Waals surface area contributed by atoms with Crippen LogP contribution in [-0.2, 0) is 26.8 Å². The molecule has 11 heteroatoms. The van der Waals surface area contributed by atoms with Crippen molar-refractivity contribution in [3.8, 4) is 11.5 Å². The molecule has 1 atom stereocenters. The number of carbonyl (C=O) groups excluding carboxylic acids is 1. The maximum Gasteiger partial charge on any atom is 0.312 e. The predicted octanol–water partition coefficient (Wildman–Crippen LogP) is 8.22. The Morgan fingerprint density at radius 2 is 1.68 bits per heavy atom. The Balaban J connectivity index is 1.85. The van der Waals surface area contributed by atoms with Gasteiger partial charge in [0.15, 0.2) is 11.5 Å². The zero-order chi connectivity index (χ0) is 29.7. The summed E-state index contributed by atoms with van der Waals surface area (Å²) in [6.07, 6.45) is -2.65. The van der Waals surface area contributed by atoms with E-state index in [1.54, 1.807) is 20.8 Å². The number of rotatable bonds is 12. The second-order valence-electron chi connectivity index (χ2n) is 11.7. The van der Waals surface area contributed by atoms with Gasteiger partial charge < -0.3 is 18.5 Å². The van der Waals surface area contributed by atoms with Crippen molar-refractivity contribution in [3.05, 3.63) is 59.0 Å².